The van der Waals surface area contributed by atoms with Gasteiger partial charge in [-0.3, -0.25) is 0 Å². The molecule has 0 saturated heterocycles. The molecule has 3 N–H and O–H groups in total. The van der Waals surface area contributed by atoms with Crippen molar-refractivity contribution in [2.24, 2.45) is 5.14 Å². The van der Waals surface area contributed by atoms with Crippen molar-refractivity contribution in [3.05, 3.63) is 72.6 Å². The molecule has 0 atom stereocenters. The van der Waals surface area contributed by atoms with Gasteiger partial charge in [-0.1, -0.05) is 30.3 Å². The van der Waals surface area contributed by atoms with Crippen LogP contribution in [0.5, 0.6) is 0 Å². The maximum absolute atomic E-state index is 11.3. The Morgan fingerprint density at radius 3 is 2.41 bits per heavy atom. The second-order valence-corrected chi connectivity index (χ2v) is 7.58. The molecule has 0 saturated carbocycles. The number of nitrogens with one attached hydrogen (secondary N) is 1. The molecule has 3 aromatic rings. The molecule has 1 aromatic heterocycles. The van der Waals surface area contributed by atoms with Gasteiger partial charge in [0.2, 0.25) is 10.0 Å². The number of hydrogen-bond acceptors (Lipinski definition) is 6. The number of para-hydroxylation sites is 1. The molecule has 0 bridgehead atoms. The number of sulfonamides is 1. The highest BCUT2D eigenvalue weighted by atomic mass is 32.2. The summed E-state index contributed by atoms with van der Waals surface area (Å²) < 4.78 is 22.6. The highest BCUT2D eigenvalue weighted by Crippen LogP contribution is 2.22. The van der Waals surface area contributed by atoms with Crippen LogP contribution in [0.2, 0.25) is 0 Å². The standard InChI is InChI=1S/C19H21N5O2S/c1-24(16-5-3-2-4-6-16)19-13-18(22-14-23-19)21-12-11-15-7-9-17(10-8-15)27(20,25)26/h2-10,13-14H,11-12H2,1H3,(H2,20,25,26)(H,21,22,23). The third kappa shape index (κ3) is 5.02. The smallest absolute Gasteiger partial charge is 0.238 e. The molecule has 0 amide bonds. The van der Waals surface area contributed by atoms with Crippen molar-refractivity contribution in [3.8, 4) is 0 Å². The minimum atomic E-state index is -3.66. The quantitative estimate of drug-likeness (QED) is 0.650. The number of nitrogens with zero attached hydrogens (tertiary/aromatic N) is 3. The molecule has 0 aliphatic carbocycles. The van der Waals surface area contributed by atoms with E-state index in [0.717, 1.165) is 29.3 Å². The van der Waals surface area contributed by atoms with Crippen molar-refractivity contribution in [1.82, 2.24) is 9.97 Å². The van der Waals surface area contributed by atoms with Gasteiger partial charge in [-0.25, -0.2) is 23.5 Å². The Labute approximate surface area is 158 Å². The lowest BCUT2D eigenvalue weighted by atomic mass is 10.1. The molecule has 0 radical (unpaired) electrons. The molecular formula is C19H21N5O2S. The predicted molar refractivity (Wildman–Crippen MR) is 107 cm³/mol. The minimum Gasteiger partial charge on any atom is -0.370 e. The van der Waals surface area contributed by atoms with Crippen LogP contribution in [-0.2, 0) is 16.4 Å². The molecule has 0 fully saturated rings. The zero-order valence-electron chi connectivity index (χ0n) is 14.9. The summed E-state index contributed by atoms with van der Waals surface area (Å²) in [4.78, 5) is 10.7. The van der Waals surface area contributed by atoms with Gasteiger partial charge in [0, 0.05) is 25.3 Å². The third-order valence-corrected chi connectivity index (χ3v) is 5.04. The fourth-order valence-electron chi connectivity index (χ4n) is 2.59. The van der Waals surface area contributed by atoms with Crippen LogP contribution in [0.15, 0.2) is 71.9 Å². The van der Waals surface area contributed by atoms with Gasteiger partial charge in [-0.05, 0) is 36.2 Å². The van der Waals surface area contributed by atoms with Crippen molar-refractivity contribution >= 4 is 27.3 Å². The van der Waals surface area contributed by atoms with Gasteiger partial charge in [-0.15, -0.1) is 0 Å². The first-order chi connectivity index (χ1) is 12.9. The lowest BCUT2D eigenvalue weighted by molar-refractivity contribution is 0.598. The molecule has 1 heterocycles. The number of rotatable bonds is 7. The highest BCUT2D eigenvalue weighted by Gasteiger charge is 2.08. The van der Waals surface area contributed by atoms with Gasteiger partial charge in [0.25, 0.3) is 0 Å². The first kappa shape index (κ1) is 18.8. The fourth-order valence-corrected chi connectivity index (χ4v) is 3.11. The van der Waals surface area contributed by atoms with Crippen LogP contribution < -0.4 is 15.4 Å². The summed E-state index contributed by atoms with van der Waals surface area (Å²) in [7, 11) is -1.70. The number of aromatic nitrogens is 2. The Bertz CT molecular complexity index is 992. The largest absolute Gasteiger partial charge is 0.370 e. The number of nitrogens with two attached hydrogens (primary N) is 1. The van der Waals surface area contributed by atoms with Crippen molar-refractivity contribution in [2.75, 3.05) is 23.8 Å². The average molecular weight is 383 g/mol. The molecule has 0 aliphatic heterocycles. The number of primary sulfonamides is 1. The lowest BCUT2D eigenvalue weighted by Crippen LogP contribution is -2.13. The Hall–Kier alpha value is -2.97. The molecule has 2 aromatic carbocycles. The topological polar surface area (TPSA) is 101 Å². The molecule has 0 spiro atoms. The van der Waals surface area contributed by atoms with Crippen LogP contribution in [0.25, 0.3) is 0 Å². The van der Waals surface area contributed by atoms with E-state index in [2.05, 4.69) is 15.3 Å². The molecule has 0 unspecified atom stereocenters. The van der Waals surface area contributed by atoms with Gasteiger partial charge in [0.15, 0.2) is 0 Å². The predicted octanol–water partition coefficient (Wildman–Crippen LogP) is 2.55. The summed E-state index contributed by atoms with van der Waals surface area (Å²) in [5.74, 6) is 1.51. The van der Waals surface area contributed by atoms with E-state index in [1.165, 1.54) is 18.5 Å². The minimum absolute atomic E-state index is 0.114. The van der Waals surface area contributed by atoms with E-state index in [9.17, 15) is 8.42 Å². The van der Waals surface area contributed by atoms with Crippen molar-refractivity contribution in [1.29, 1.82) is 0 Å². The summed E-state index contributed by atoms with van der Waals surface area (Å²) >= 11 is 0. The zero-order chi connectivity index (χ0) is 19.3. The molecule has 8 heteroatoms. The van der Waals surface area contributed by atoms with E-state index in [-0.39, 0.29) is 4.90 Å². The van der Waals surface area contributed by atoms with Crippen LogP contribution in [0, 0.1) is 0 Å². The Balaban J connectivity index is 1.60. The second-order valence-electron chi connectivity index (χ2n) is 6.02. The zero-order valence-corrected chi connectivity index (χ0v) is 15.7. The Morgan fingerprint density at radius 2 is 1.74 bits per heavy atom. The van der Waals surface area contributed by atoms with Gasteiger partial charge >= 0.3 is 0 Å². The summed E-state index contributed by atoms with van der Waals surface area (Å²) in [5.41, 5.74) is 2.04. The second kappa shape index (κ2) is 8.15. The van der Waals surface area contributed by atoms with Crippen LogP contribution in [0.3, 0.4) is 0 Å². The Morgan fingerprint density at radius 1 is 1.04 bits per heavy atom. The van der Waals surface area contributed by atoms with E-state index >= 15 is 0 Å². The molecule has 3 rings (SSSR count). The maximum Gasteiger partial charge on any atom is 0.238 e. The number of hydrogen-bond donors (Lipinski definition) is 2. The monoisotopic (exact) mass is 383 g/mol. The molecular weight excluding hydrogens is 362 g/mol. The van der Waals surface area contributed by atoms with Gasteiger partial charge in [-0.2, -0.15) is 0 Å². The molecule has 140 valence electrons. The fraction of sp³-hybridized carbons (Fsp3) is 0.158. The SMILES string of the molecule is CN(c1ccccc1)c1cc(NCCc2ccc(S(N)(=O)=O)cc2)ncn1. The summed E-state index contributed by atoms with van der Waals surface area (Å²) in [5, 5.41) is 8.37. The first-order valence-corrected chi connectivity index (χ1v) is 9.94. The third-order valence-electron chi connectivity index (χ3n) is 4.11. The van der Waals surface area contributed by atoms with Crippen LogP contribution in [0.4, 0.5) is 17.3 Å². The number of benzene rings is 2. The lowest BCUT2D eigenvalue weighted by Gasteiger charge is -2.18. The van der Waals surface area contributed by atoms with Crippen LogP contribution in [0.1, 0.15) is 5.56 Å². The van der Waals surface area contributed by atoms with Gasteiger partial charge < -0.3 is 10.2 Å². The number of anilines is 3. The van der Waals surface area contributed by atoms with Crippen molar-refractivity contribution < 1.29 is 8.42 Å². The van der Waals surface area contributed by atoms with Gasteiger partial charge in [0.1, 0.15) is 18.0 Å². The van der Waals surface area contributed by atoms with Crippen molar-refractivity contribution in [3.63, 3.8) is 0 Å². The Kier molecular flexibility index (Phi) is 5.68. The molecule has 0 aliphatic rings. The average Bonchev–Trinajstić information content (AvgIpc) is 2.68. The van der Waals surface area contributed by atoms with E-state index in [0.29, 0.717) is 6.54 Å². The molecule has 7 nitrogen and oxygen atoms in total. The van der Waals surface area contributed by atoms with Crippen molar-refractivity contribution in [2.45, 2.75) is 11.3 Å². The van der Waals surface area contributed by atoms with E-state index < -0.39 is 10.0 Å². The van der Waals surface area contributed by atoms with E-state index in [4.69, 9.17) is 5.14 Å². The van der Waals surface area contributed by atoms with E-state index in [1.807, 2.05) is 48.3 Å². The molecule has 27 heavy (non-hydrogen) atoms. The van der Waals surface area contributed by atoms with Crippen LogP contribution in [-0.4, -0.2) is 32.0 Å². The van der Waals surface area contributed by atoms with Gasteiger partial charge in [0.05, 0.1) is 4.90 Å². The van der Waals surface area contributed by atoms with Crippen LogP contribution >= 0.6 is 0 Å². The maximum atomic E-state index is 11.3. The normalized spacial score (nSPS) is 11.2. The highest BCUT2D eigenvalue weighted by molar-refractivity contribution is 7.89. The summed E-state index contributed by atoms with van der Waals surface area (Å²) in [6.45, 7) is 0.653. The summed E-state index contributed by atoms with van der Waals surface area (Å²) in [6.07, 6.45) is 2.25. The first-order valence-electron chi connectivity index (χ1n) is 8.40. The summed E-state index contributed by atoms with van der Waals surface area (Å²) in [6, 6.07) is 18.4. The van der Waals surface area contributed by atoms with E-state index in [1.54, 1.807) is 12.1 Å².